The fourth-order valence-corrected chi connectivity index (χ4v) is 3.95. The molecule has 0 fully saturated rings. The molecular weight excluding hydrogens is 280 g/mol. The molecule has 2 aromatic carbocycles. The number of ether oxygens (including phenoxy) is 1. The van der Waals surface area contributed by atoms with E-state index < -0.39 is 0 Å². The van der Waals surface area contributed by atoms with E-state index in [4.69, 9.17) is 9.72 Å². The molecule has 0 saturated heterocycles. The van der Waals surface area contributed by atoms with Crippen LogP contribution in [0.2, 0.25) is 0 Å². The molecule has 2 heterocycles. The van der Waals surface area contributed by atoms with Crippen molar-refractivity contribution in [1.29, 1.82) is 0 Å². The van der Waals surface area contributed by atoms with Gasteiger partial charge in [-0.15, -0.1) is 11.3 Å². The SMILES string of the molecule is CCOc1ccc2nc(C3CNc4ccccc43)sc2c1. The van der Waals surface area contributed by atoms with Crippen LogP contribution in [0, 0.1) is 0 Å². The third kappa shape index (κ3) is 2.16. The number of benzene rings is 2. The Hall–Kier alpha value is -2.07. The first-order chi connectivity index (χ1) is 10.3. The van der Waals surface area contributed by atoms with Gasteiger partial charge in [0, 0.05) is 12.2 Å². The number of rotatable bonds is 3. The van der Waals surface area contributed by atoms with Crippen molar-refractivity contribution in [3.05, 3.63) is 53.0 Å². The number of nitrogens with one attached hydrogen (secondary N) is 1. The summed E-state index contributed by atoms with van der Waals surface area (Å²) in [5, 5.41) is 4.64. The number of nitrogens with zero attached hydrogens (tertiary/aromatic N) is 1. The molecule has 0 bridgehead atoms. The highest BCUT2D eigenvalue weighted by molar-refractivity contribution is 7.18. The van der Waals surface area contributed by atoms with Crippen LogP contribution in [0.5, 0.6) is 5.75 Å². The lowest BCUT2D eigenvalue weighted by atomic mass is 10.0. The third-order valence-electron chi connectivity index (χ3n) is 3.82. The van der Waals surface area contributed by atoms with Gasteiger partial charge in [-0.1, -0.05) is 18.2 Å². The van der Waals surface area contributed by atoms with Gasteiger partial charge in [-0.2, -0.15) is 0 Å². The van der Waals surface area contributed by atoms with Gasteiger partial charge in [-0.25, -0.2) is 4.98 Å². The Morgan fingerprint density at radius 2 is 2.19 bits per heavy atom. The second-order valence-corrected chi connectivity index (χ2v) is 6.20. The molecule has 1 aliphatic rings. The van der Waals surface area contributed by atoms with Gasteiger partial charge in [-0.3, -0.25) is 0 Å². The zero-order chi connectivity index (χ0) is 14.2. The summed E-state index contributed by atoms with van der Waals surface area (Å²) in [5.41, 5.74) is 3.64. The molecule has 0 spiro atoms. The lowest BCUT2D eigenvalue weighted by molar-refractivity contribution is 0.341. The van der Waals surface area contributed by atoms with E-state index in [2.05, 4.69) is 41.7 Å². The highest BCUT2D eigenvalue weighted by Crippen LogP contribution is 2.39. The minimum absolute atomic E-state index is 0.356. The minimum atomic E-state index is 0.356. The highest BCUT2D eigenvalue weighted by Gasteiger charge is 2.26. The number of anilines is 1. The smallest absolute Gasteiger partial charge is 0.120 e. The summed E-state index contributed by atoms with van der Waals surface area (Å²) in [6, 6.07) is 14.6. The first-order valence-electron chi connectivity index (χ1n) is 7.21. The molecule has 0 aliphatic carbocycles. The van der Waals surface area contributed by atoms with E-state index in [0.29, 0.717) is 12.5 Å². The summed E-state index contributed by atoms with van der Waals surface area (Å²) in [6.07, 6.45) is 0. The minimum Gasteiger partial charge on any atom is -0.494 e. The summed E-state index contributed by atoms with van der Waals surface area (Å²) >= 11 is 1.77. The number of thiazole rings is 1. The number of hydrogen-bond acceptors (Lipinski definition) is 4. The van der Waals surface area contributed by atoms with Crippen LogP contribution in [-0.4, -0.2) is 18.1 Å². The van der Waals surface area contributed by atoms with Crippen molar-refractivity contribution in [3.63, 3.8) is 0 Å². The van der Waals surface area contributed by atoms with Gasteiger partial charge >= 0.3 is 0 Å². The summed E-state index contributed by atoms with van der Waals surface area (Å²) in [7, 11) is 0. The molecule has 1 atom stereocenters. The van der Waals surface area contributed by atoms with Crippen molar-refractivity contribution in [1.82, 2.24) is 4.98 Å². The normalized spacial score (nSPS) is 16.7. The second kappa shape index (κ2) is 5.04. The molecule has 1 unspecified atom stereocenters. The quantitative estimate of drug-likeness (QED) is 0.784. The number of para-hydroxylation sites is 1. The Morgan fingerprint density at radius 1 is 1.29 bits per heavy atom. The molecule has 0 radical (unpaired) electrons. The van der Waals surface area contributed by atoms with Gasteiger partial charge in [0.15, 0.2) is 0 Å². The maximum absolute atomic E-state index is 5.57. The summed E-state index contributed by atoms with van der Waals surface area (Å²) in [4.78, 5) is 4.82. The van der Waals surface area contributed by atoms with Crippen LogP contribution in [0.15, 0.2) is 42.5 Å². The monoisotopic (exact) mass is 296 g/mol. The molecule has 1 aliphatic heterocycles. The van der Waals surface area contributed by atoms with Crippen molar-refractivity contribution < 1.29 is 4.74 Å². The van der Waals surface area contributed by atoms with E-state index in [0.717, 1.165) is 17.8 Å². The van der Waals surface area contributed by atoms with E-state index in [1.165, 1.54) is 21.0 Å². The van der Waals surface area contributed by atoms with Gasteiger partial charge in [0.25, 0.3) is 0 Å². The van der Waals surface area contributed by atoms with Crippen LogP contribution < -0.4 is 10.1 Å². The van der Waals surface area contributed by atoms with E-state index in [1.54, 1.807) is 11.3 Å². The van der Waals surface area contributed by atoms with E-state index in [-0.39, 0.29) is 0 Å². The van der Waals surface area contributed by atoms with Crippen LogP contribution >= 0.6 is 11.3 Å². The van der Waals surface area contributed by atoms with Crippen molar-refractivity contribution in [3.8, 4) is 5.75 Å². The first-order valence-corrected chi connectivity index (χ1v) is 8.03. The van der Waals surface area contributed by atoms with Crippen molar-refractivity contribution in [2.45, 2.75) is 12.8 Å². The molecule has 4 heteroatoms. The third-order valence-corrected chi connectivity index (χ3v) is 4.95. The molecule has 106 valence electrons. The molecule has 3 nitrogen and oxygen atoms in total. The second-order valence-electron chi connectivity index (χ2n) is 5.14. The Morgan fingerprint density at radius 3 is 3.10 bits per heavy atom. The molecule has 1 aromatic heterocycles. The molecule has 3 aromatic rings. The van der Waals surface area contributed by atoms with Gasteiger partial charge in [0.05, 0.1) is 22.7 Å². The number of hydrogen-bond donors (Lipinski definition) is 1. The van der Waals surface area contributed by atoms with Gasteiger partial charge < -0.3 is 10.1 Å². The standard InChI is InChI=1S/C17H16N2OS/c1-2-20-11-7-8-15-16(9-11)21-17(19-15)13-10-18-14-6-4-3-5-12(13)14/h3-9,13,18H,2,10H2,1H3. The lowest BCUT2D eigenvalue weighted by Gasteiger charge is -2.05. The first kappa shape index (κ1) is 12.7. The van der Waals surface area contributed by atoms with Crippen LogP contribution in [0.4, 0.5) is 5.69 Å². The van der Waals surface area contributed by atoms with Crippen molar-refractivity contribution >= 4 is 27.2 Å². The fraction of sp³-hybridized carbons (Fsp3) is 0.235. The van der Waals surface area contributed by atoms with Crippen LogP contribution in [-0.2, 0) is 0 Å². The Labute approximate surface area is 127 Å². The lowest BCUT2D eigenvalue weighted by Crippen LogP contribution is -2.02. The van der Waals surface area contributed by atoms with E-state index in [9.17, 15) is 0 Å². The maximum atomic E-state index is 5.57. The average Bonchev–Trinajstić information content (AvgIpc) is 3.10. The maximum Gasteiger partial charge on any atom is 0.120 e. The van der Waals surface area contributed by atoms with Crippen LogP contribution in [0.25, 0.3) is 10.2 Å². The number of fused-ring (bicyclic) bond motifs is 2. The molecular formula is C17H16N2OS. The Kier molecular flexibility index (Phi) is 3.04. The topological polar surface area (TPSA) is 34.1 Å². The average molecular weight is 296 g/mol. The predicted octanol–water partition coefficient (Wildman–Crippen LogP) is 4.25. The summed E-state index contributed by atoms with van der Waals surface area (Å²) in [6.45, 7) is 3.62. The van der Waals surface area contributed by atoms with Gasteiger partial charge in [-0.05, 0) is 36.8 Å². The van der Waals surface area contributed by atoms with E-state index >= 15 is 0 Å². The molecule has 0 amide bonds. The molecule has 4 rings (SSSR count). The molecule has 21 heavy (non-hydrogen) atoms. The van der Waals surface area contributed by atoms with Gasteiger partial charge in [0.2, 0.25) is 0 Å². The van der Waals surface area contributed by atoms with Crippen molar-refractivity contribution in [2.75, 3.05) is 18.5 Å². The zero-order valence-electron chi connectivity index (χ0n) is 11.8. The summed E-state index contributed by atoms with van der Waals surface area (Å²) in [5.74, 6) is 1.28. The van der Waals surface area contributed by atoms with Crippen LogP contribution in [0.3, 0.4) is 0 Å². The zero-order valence-corrected chi connectivity index (χ0v) is 12.6. The predicted molar refractivity (Wildman–Crippen MR) is 87.6 cm³/mol. The largest absolute Gasteiger partial charge is 0.494 e. The molecule has 1 N–H and O–H groups in total. The highest BCUT2D eigenvalue weighted by atomic mass is 32.1. The molecule has 0 saturated carbocycles. The van der Waals surface area contributed by atoms with Crippen LogP contribution in [0.1, 0.15) is 23.4 Å². The number of aromatic nitrogens is 1. The summed E-state index contributed by atoms with van der Waals surface area (Å²) < 4.78 is 6.77. The van der Waals surface area contributed by atoms with E-state index in [1.807, 2.05) is 13.0 Å². The Bertz CT molecular complexity index is 796. The van der Waals surface area contributed by atoms with Crippen molar-refractivity contribution in [2.24, 2.45) is 0 Å². The van der Waals surface area contributed by atoms with Gasteiger partial charge in [0.1, 0.15) is 10.8 Å². The Balaban J connectivity index is 1.75. The fourth-order valence-electron chi connectivity index (χ4n) is 2.83.